The molecule has 0 saturated heterocycles. The maximum atomic E-state index is 8.41. The van der Waals surface area contributed by atoms with Crippen molar-refractivity contribution < 1.29 is 14.7 Å². The fourth-order valence-electron chi connectivity index (χ4n) is 0.913. The molecule has 0 aromatic carbocycles. The maximum Gasteiger partial charge on any atom is 0.256 e. The molecule has 5 heteroatoms. The summed E-state index contributed by atoms with van der Waals surface area (Å²) < 4.78 is 10.3. The van der Waals surface area contributed by atoms with Gasteiger partial charge in [0, 0.05) is 6.92 Å². The molecule has 1 aliphatic heterocycles. The molecule has 1 unspecified atom stereocenters. The van der Waals surface area contributed by atoms with Crippen LogP contribution in [0.5, 0.6) is 0 Å². The van der Waals surface area contributed by atoms with Gasteiger partial charge in [0.25, 0.3) is 5.79 Å². The molecule has 1 atom stereocenters. The topological polar surface area (TPSA) is 77.1 Å². The molecular formula is C7H12N2O3. The molecule has 0 radical (unpaired) electrons. The summed E-state index contributed by atoms with van der Waals surface area (Å²) in [5.41, 5.74) is 5.39. The van der Waals surface area contributed by atoms with E-state index in [0.717, 1.165) is 0 Å². The molecule has 0 spiro atoms. The van der Waals surface area contributed by atoms with E-state index in [2.05, 4.69) is 5.16 Å². The molecule has 0 aliphatic carbocycles. The summed E-state index contributed by atoms with van der Waals surface area (Å²) in [7, 11) is 0. The van der Waals surface area contributed by atoms with E-state index in [1.165, 1.54) is 12.5 Å². The molecule has 68 valence electrons. The fraction of sp³-hybridized carbons (Fsp3) is 0.571. The van der Waals surface area contributed by atoms with Crippen molar-refractivity contribution in [3.05, 3.63) is 12.5 Å². The third kappa shape index (κ3) is 1.30. The van der Waals surface area contributed by atoms with Gasteiger partial charge in [-0.2, -0.15) is 0 Å². The van der Waals surface area contributed by atoms with Crippen LogP contribution >= 0.6 is 0 Å². The van der Waals surface area contributed by atoms with Crippen LogP contribution in [0, 0.1) is 5.92 Å². The molecule has 0 aromatic heterocycles. The van der Waals surface area contributed by atoms with Crippen LogP contribution in [-0.4, -0.2) is 16.8 Å². The highest BCUT2D eigenvalue weighted by atomic mass is 16.7. The van der Waals surface area contributed by atoms with Crippen LogP contribution in [0.3, 0.4) is 0 Å². The average molecular weight is 172 g/mol. The highest BCUT2D eigenvalue weighted by Gasteiger charge is 2.39. The first-order chi connectivity index (χ1) is 5.60. The quantitative estimate of drug-likeness (QED) is 0.277. The Bertz CT molecular complexity index is 217. The standard InChI is InChI=1S/C7H12N2O3/c1-5(6(8)9-10)7(2)11-3-4-12-7/h3-5,10H,1-2H3,(H2,8,9). The predicted octanol–water partition coefficient (Wildman–Crippen LogP) is 0.603. The van der Waals surface area contributed by atoms with Crippen LogP contribution in [0.2, 0.25) is 0 Å². The van der Waals surface area contributed by atoms with Crippen molar-refractivity contribution in [3.63, 3.8) is 0 Å². The van der Waals surface area contributed by atoms with Gasteiger partial charge in [0.1, 0.15) is 18.4 Å². The molecule has 3 N–H and O–H groups in total. The first-order valence-corrected chi connectivity index (χ1v) is 3.58. The number of oxime groups is 1. The van der Waals surface area contributed by atoms with Crippen molar-refractivity contribution >= 4 is 5.84 Å². The van der Waals surface area contributed by atoms with E-state index in [1.54, 1.807) is 13.8 Å². The Kier molecular flexibility index (Phi) is 2.12. The first kappa shape index (κ1) is 8.70. The third-order valence-corrected chi connectivity index (χ3v) is 2.01. The largest absolute Gasteiger partial charge is 0.456 e. The second-order valence-electron chi connectivity index (χ2n) is 2.77. The molecule has 0 bridgehead atoms. The van der Waals surface area contributed by atoms with Crippen LogP contribution in [0.25, 0.3) is 0 Å². The molecule has 1 heterocycles. The molecule has 0 aromatic rings. The zero-order valence-corrected chi connectivity index (χ0v) is 7.02. The maximum absolute atomic E-state index is 8.41. The Hall–Kier alpha value is -1.39. The van der Waals surface area contributed by atoms with E-state index in [9.17, 15) is 0 Å². The second-order valence-corrected chi connectivity index (χ2v) is 2.77. The van der Waals surface area contributed by atoms with Gasteiger partial charge in [-0.15, -0.1) is 0 Å². The van der Waals surface area contributed by atoms with Gasteiger partial charge in [0.05, 0.1) is 5.92 Å². The Labute approximate surface area is 70.4 Å². The van der Waals surface area contributed by atoms with Gasteiger partial charge < -0.3 is 20.4 Å². The second kappa shape index (κ2) is 2.92. The van der Waals surface area contributed by atoms with Gasteiger partial charge in [-0.3, -0.25) is 0 Å². The number of hydrogen-bond donors (Lipinski definition) is 2. The molecule has 1 aliphatic rings. The monoisotopic (exact) mass is 172 g/mol. The number of amidine groups is 1. The van der Waals surface area contributed by atoms with E-state index >= 15 is 0 Å². The number of nitrogens with two attached hydrogens (primary N) is 1. The van der Waals surface area contributed by atoms with Crippen molar-refractivity contribution in [2.24, 2.45) is 16.8 Å². The van der Waals surface area contributed by atoms with Crippen LogP contribution in [0.4, 0.5) is 0 Å². The summed E-state index contributed by atoms with van der Waals surface area (Å²) in [6.45, 7) is 3.47. The van der Waals surface area contributed by atoms with Crippen molar-refractivity contribution in [3.8, 4) is 0 Å². The van der Waals surface area contributed by atoms with Gasteiger partial charge >= 0.3 is 0 Å². The van der Waals surface area contributed by atoms with Gasteiger partial charge in [-0.25, -0.2) is 0 Å². The summed E-state index contributed by atoms with van der Waals surface area (Å²) in [5.74, 6) is -1.07. The van der Waals surface area contributed by atoms with Crippen molar-refractivity contribution in [2.45, 2.75) is 19.6 Å². The van der Waals surface area contributed by atoms with E-state index in [1.807, 2.05) is 0 Å². The van der Waals surface area contributed by atoms with Gasteiger partial charge in [0.15, 0.2) is 0 Å². The summed E-state index contributed by atoms with van der Waals surface area (Å²) in [4.78, 5) is 0. The van der Waals surface area contributed by atoms with Crippen LogP contribution in [0.15, 0.2) is 17.7 Å². The van der Waals surface area contributed by atoms with Crippen molar-refractivity contribution in [1.82, 2.24) is 0 Å². The number of nitrogens with zero attached hydrogens (tertiary/aromatic N) is 1. The van der Waals surface area contributed by atoms with E-state index in [4.69, 9.17) is 20.4 Å². The Morgan fingerprint density at radius 1 is 1.58 bits per heavy atom. The molecule has 1 rings (SSSR count). The lowest BCUT2D eigenvalue weighted by molar-refractivity contribution is -0.146. The van der Waals surface area contributed by atoms with Gasteiger partial charge in [-0.1, -0.05) is 5.16 Å². The molecule has 0 amide bonds. The normalized spacial score (nSPS) is 23.0. The minimum Gasteiger partial charge on any atom is -0.456 e. The Morgan fingerprint density at radius 2 is 2.08 bits per heavy atom. The summed E-state index contributed by atoms with van der Waals surface area (Å²) in [5, 5.41) is 11.3. The first-order valence-electron chi connectivity index (χ1n) is 3.58. The van der Waals surface area contributed by atoms with Gasteiger partial charge in [-0.05, 0) is 6.92 Å². The van der Waals surface area contributed by atoms with E-state index < -0.39 is 5.79 Å². The van der Waals surface area contributed by atoms with Crippen LogP contribution in [-0.2, 0) is 9.47 Å². The lowest BCUT2D eigenvalue weighted by atomic mass is 10.0. The third-order valence-electron chi connectivity index (χ3n) is 2.01. The minimum absolute atomic E-state index is 0.0844. The molecule has 0 fully saturated rings. The van der Waals surface area contributed by atoms with E-state index in [-0.39, 0.29) is 11.8 Å². The summed E-state index contributed by atoms with van der Waals surface area (Å²) in [6.07, 6.45) is 2.86. The molecular weight excluding hydrogens is 160 g/mol. The lowest BCUT2D eigenvalue weighted by Crippen LogP contribution is -2.42. The Morgan fingerprint density at radius 3 is 2.50 bits per heavy atom. The van der Waals surface area contributed by atoms with Crippen molar-refractivity contribution in [2.75, 3.05) is 0 Å². The minimum atomic E-state index is -0.851. The number of rotatable bonds is 2. The van der Waals surface area contributed by atoms with Crippen molar-refractivity contribution in [1.29, 1.82) is 0 Å². The van der Waals surface area contributed by atoms with Crippen LogP contribution in [0.1, 0.15) is 13.8 Å². The SMILES string of the molecule is CC(/C(N)=N/O)C1(C)OC=CO1. The average Bonchev–Trinajstić information content (AvgIpc) is 2.50. The van der Waals surface area contributed by atoms with Gasteiger partial charge in [0.2, 0.25) is 0 Å². The molecule has 0 saturated carbocycles. The zero-order chi connectivity index (χ0) is 9.19. The smallest absolute Gasteiger partial charge is 0.256 e. The number of ether oxygens (including phenoxy) is 2. The zero-order valence-electron chi connectivity index (χ0n) is 7.02. The molecule has 12 heavy (non-hydrogen) atoms. The highest BCUT2D eigenvalue weighted by Crippen LogP contribution is 2.28. The summed E-state index contributed by atoms with van der Waals surface area (Å²) >= 11 is 0. The number of hydrogen-bond acceptors (Lipinski definition) is 4. The summed E-state index contributed by atoms with van der Waals surface area (Å²) in [6, 6.07) is 0. The lowest BCUT2D eigenvalue weighted by Gasteiger charge is -2.28. The highest BCUT2D eigenvalue weighted by molar-refractivity contribution is 5.82. The fourth-order valence-corrected chi connectivity index (χ4v) is 0.913. The molecule has 5 nitrogen and oxygen atoms in total. The van der Waals surface area contributed by atoms with Crippen LogP contribution < -0.4 is 5.73 Å². The van der Waals surface area contributed by atoms with E-state index in [0.29, 0.717) is 0 Å². The predicted molar refractivity (Wildman–Crippen MR) is 42.3 cm³/mol. The Balaban J connectivity index is 2.69.